The third kappa shape index (κ3) is 5.00. The number of piperazine rings is 1. The van der Waals surface area contributed by atoms with Gasteiger partial charge in [-0.15, -0.1) is 0 Å². The van der Waals surface area contributed by atoms with Gasteiger partial charge in [-0.25, -0.2) is 4.98 Å². The maximum atomic E-state index is 12.8. The van der Waals surface area contributed by atoms with Gasteiger partial charge in [-0.2, -0.15) is 5.26 Å². The highest BCUT2D eigenvalue weighted by molar-refractivity contribution is 5.88. The van der Waals surface area contributed by atoms with Crippen molar-refractivity contribution in [1.29, 1.82) is 5.26 Å². The van der Waals surface area contributed by atoms with E-state index in [0.29, 0.717) is 50.7 Å². The zero-order valence-electron chi connectivity index (χ0n) is 25.4. The molecule has 43 heavy (non-hydrogen) atoms. The normalized spacial score (nSPS) is 26.1. The van der Waals surface area contributed by atoms with E-state index in [2.05, 4.69) is 59.5 Å². The van der Waals surface area contributed by atoms with Gasteiger partial charge in [0.15, 0.2) is 0 Å². The number of fused-ring (bicyclic) bond motifs is 6. The van der Waals surface area contributed by atoms with Crippen LogP contribution in [0.1, 0.15) is 48.6 Å². The Hall–Kier alpha value is -3.77. The largest absolute Gasteiger partial charge is 0.484 e. The summed E-state index contributed by atoms with van der Waals surface area (Å²) in [5.74, 6) is 1.84. The summed E-state index contributed by atoms with van der Waals surface area (Å²) in [7, 11) is 2.16. The van der Waals surface area contributed by atoms with Crippen molar-refractivity contribution in [1.82, 2.24) is 14.8 Å². The number of nitriles is 1. The maximum Gasteiger partial charge on any atom is 0.259 e. The number of likely N-dealkylation sites (tertiary alicyclic amines) is 1. The number of ether oxygens (including phenoxy) is 2. The lowest BCUT2D eigenvalue weighted by molar-refractivity contribution is -0.129. The fraction of sp³-hybridized carbons (Fsp3) is 0.559. The summed E-state index contributed by atoms with van der Waals surface area (Å²) in [5, 5.41) is 9.64. The molecule has 0 bridgehead atoms. The Balaban J connectivity index is 1.26. The van der Waals surface area contributed by atoms with Gasteiger partial charge in [0.05, 0.1) is 42.5 Å². The van der Waals surface area contributed by atoms with Crippen LogP contribution in [-0.4, -0.2) is 85.3 Å². The fourth-order valence-corrected chi connectivity index (χ4v) is 7.97. The summed E-state index contributed by atoms with van der Waals surface area (Å²) in [6, 6.07) is 9.20. The van der Waals surface area contributed by atoms with Crippen LogP contribution in [0.3, 0.4) is 0 Å². The standard InChI is InChI=1S/C34H42N6O3/c1-4-31(41)39-18-26-21-42-33-32(40(26)17-24(39)10-12-35)27-11-14-38(30-9-5-7-23-15-22(2)16-28(23)30)19-29(27)36-34(33)43-20-25-8-6-13-37(25)3/h4-5,7,9,22,24-26H,1,6,8,10-11,13-21H2,2-3H3/t22?,24-,25-,26?/m0/s1. The molecule has 0 saturated carbocycles. The second-order valence-corrected chi connectivity index (χ2v) is 13.0. The monoisotopic (exact) mass is 582 g/mol. The number of hydrogen-bond acceptors (Lipinski definition) is 8. The molecule has 2 aromatic rings. The van der Waals surface area contributed by atoms with Crippen molar-refractivity contribution in [2.75, 3.05) is 56.2 Å². The average Bonchev–Trinajstić information content (AvgIpc) is 3.62. The second-order valence-electron chi connectivity index (χ2n) is 13.0. The van der Waals surface area contributed by atoms with E-state index < -0.39 is 0 Å². The molecule has 0 radical (unpaired) electrons. The topological polar surface area (TPSA) is 85.2 Å². The lowest BCUT2D eigenvalue weighted by Crippen LogP contribution is -2.62. The van der Waals surface area contributed by atoms with Crippen molar-refractivity contribution < 1.29 is 14.3 Å². The molecule has 4 atom stereocenters. The molecule has 226 valence electrons. The van der Waals surface area contributed by atoms with Gasteiger partial charge >= 0.3 is 0 Å². The van der Waals surface area contributed by atoms with E-state index in [-0.39, 0.29) is 24.4 Å². The molecule has 1 amide bonds. The van der Waals surface area contributed by atoms with Crippen LogP contribution in [0.5, 0.6) is 11.6 Å². The van der Waals surface area contributed by atoms with Gasteiger partial charge in [0.1, 0.15) is 13.2 Å². The molecule has 1 aromatic heterocycles. The van der Waals surface area contributed by atoms with Crippen LogP contribution in [0.4, 0.5) is 11.4 Å². The molecule has 4 aliphatic heterocycles. The number of hydrogen-bond donors (Lipinski definition) is 0. The average molecular weight is 583 g/mol. The second kappa shape index (κ2) is 11.4. The Labute approximate surface area is 254 Å². The number of aromatic nitrogens is 1. The molecule has 1 aliphatic carbocycles. The van der Waals surface area contributed by atoms with Crippen LogP contribution in [0.15, 0.2) is 30.9 Å². The Morgan fingerprint density at radius 2 is 2.12 bits per heavy atom. The van der Waals surface area contributed by atoms with Crippen molar-refractivity contribution in [3.8, 4) is 17.7 Å². The number of nitrogens with zero attached hydrogens (tertiary/aromatic N) is 6. The first kappa shape index (κ1) is 28.0. The molecule has 0 spiro atoms. The third-order valence-corrected chi connectivity index (χ3v) is 10.2. The van der Waals surface area contributed by atoms with Gasteiger partial charge in [0.25, 0.3) is 5.88 Å². The zero-order valence-corrected chi connectivity index (χ0v) is 25.4. The van der Waals surface area contributed by atoms with Crippen LogP contribution >= 0.6 is 0 Å². The fourth-order valence-electron chi connectivity index (χ4n) is 7.97. The maximum absolute atomic E-state index is 12.8. The smallest absolute Gasteiger partial charge is 0.259 e. The van der Waals surface area contributed by atoms with E-state index in [9.17, 15) is 10.1 Å². The van der Waals surface area contributed by atoms with Crippen molar-refractivity contribution in [2.24, 2.45) is 5.92 Å². The highest BCUT2D eigenvalue weighted by atomic mass is 16.5. The van der Waals surface area contributed by atoms with E-state index >= 15 is 0 Å². The Morgan fingerprint density at radius 3 is 2.91 bits per heavy atom. The van der Waals surface area contributed by atoms with E-state index in [4.69, 9.17) is 14.5 Å². The van der Waals surface area contributed by atoms with Crippen LogP contribution in [0, 0.1) is 17.2 Å². The quantitative estimate of drug-likeness (QED) is 0.477. The summed E-state index contributed by atoms with van der Waals surface area (Å²) < 4.78 is 13.0. The molecule has 0 N–H and O–H groups in total. The van der Waals surface area contributed by atoms with Crippen LogP contribution in [0.25, 0.3) is 0 Å². The minimum Gasteiger partial charge on any atom is -0.484 e. The molecule has 9 heteroatoms. The number of anilines is 2. The highest BCUT2D eigenvalue weighted by Gasteiger charge is 2.43. The van der Waals surface area contributed by atoms with E-state index in [1.807, 2.05) is 0 Å². The van der Waals surface area contributed by atoms with Gasteiger partial charge in [-0.3, -0.25) is 4.79 Å². The van der Waals surface area contributed by atoms with E-state index in [0.717, 1.165) is 55.9 Å². The van der Waals surface area contributed by atoms with Crippen LogP contribution < -0.4 is 19.3 Å². The number of amides is 1. The first-order valence-corrected chi connectivity index (χ1v) is 15.9. The summed E-state index contributed by atoms with van der Waals surface area (Å²) in [6.45, 7) is 10.8. The number of rotatable bonds is 6. The minimum atomic E-state index is -0.216. The summed E-state index contributed by atoms with van der Waals surface area (Å²) in [6.07, 6.45) is 7.05. The van der Waals surface area contributed by atoms with Crippen molar-refractivity contribution in [3.05, 3.63) is 53.2 Å². The number of carbonyl (C=O) groups excluding carboxylic acids is 1. The van der Waals surface area contributed by atoms with Gasteiger partial charge < -0.3 is 29.1 Å². The van der Waals surface area contributed by atoms with Crippen molar-refractivity contribution in [3.63, 3.8) is 0 Å². The van der Waals surface area contributed by atoms with Gasteiger partial charge in [-0.05, 0) is 74.9 Å². The molecular formula is C34H42N6O3. The van der Waals surface area contributed by atoms with Gasteiger partial charge in [0, 0.05) is 36.9 Å². The Kier molecular flexibility index (Phi) is 7.42. The minimum absolute atomic E-state index is 0.0106. The molecule has 2 saturated heterocycles. The molecule has 5 heterocycles. The molecule has 5 aliphatic rings. The van der Waals surface area contributed by atoms with E-state index in [1.165, 1.54) is 34.9 Å². The summed E-state index contributed by atoms with van der Waals surface area (Å²) in [4.78, 5) is 27.0. The van der Waals surface area contributed by atoms with Gasteiger partial charge in [-0.1, -0.05) is 25.6 Å². The Bertz CT molecular complexity index is 1470. The number of benzene rings is 1. The molecular weight excluding hydrogens is 540 g/mol. The van der Waals surface area contributed by atoms with Gasteiger partial charge in [0.2, 0.25) is 11.7 Å². The zero-order chi connectivity index (χ0) is 29.7. The summed E-state index contributed by atoms with van der Waals surface area (Å²) in [5.41, 5.74) is 7.60. The molecule has 7 rings (SSSR count). The molecule has 2 unspecified atom stereocenters. The predicted molar refractivity (Wildman–Crippen MR) is 166 cm³/mol. The van der Waals surface area contributed by atoms with Crippen molar-refractivity contribution >= 4 is 17.3 Å². The van der Waals surface area contributed by atoms with Crippen LogP contribution in [-0.2, 0) is 30.6 Å². The molecule has 9 nitrogen and oxygen atoms in total. The SMILES string of the molecule is C=CC(=O)N1CC2COc3c(OC[C@@H]4CCCN4C)nc4c(c3N2C[C@@H]1CC#N)CCN(c1cccc2c1CC(C)C2)C4. The number of pyridine rings is 1. The molecule has 1 aromatic carbocycles. The first-order chi connectivity index (χ1) is 20.9. The lowest BCUT2D eigenvalue weighted by atomic mass is 9.95. The number of carbonyl (C=O) groups is 1. The molecule has 2 fully saturated rings. The summed E-state index contributed by atoms with van der Waals surface area (Å²) >= 11 is 0. The Morgan fingerprint density at radius 1 is 1.23 bits per heavy atom. The third-order valence-electron chi connectivity index (χ3n) is 10.2. The first-order valence-electron chi connectivity index (χ1n) is 15.9. The number of likely N-dealkylation sites (N-methyl/N-ethyl adjacent to an activating group) is 1. The van der Waals surface area contributed by atoms with Crippen molar-refractivity contribution in [2.45, 2.75) is 70.1 Å². The van der Waals surface area contributed by atoms with E-state index in [1.54, 1.807) is 4.90 Å². The highest BCUT2D eigenvalue weighted by Crippen LogP contribution is 2.48. The van der Waals surface area contributed by atoms with Crippen LogP contribution in [0.2, 0.25) is 0 Å². The predicted octanol–water partition coefficient (Wildman–Crippen LogP) is 3.73. The lowest BCUT2D eigenvalue weighted by Gasteiger charge is -2.50.